The molecule has 19 heavy (non-hydrogen) atoms. The first-order valence-corrected chi connectivity index (χ1v) is 6.19. The fourth-order valence-electron chi connectivity index (χ4n) is 1.62. The van der Waals surface area contributed by atoms with Gasteiger partial charge in [0.25, 0.3) is 5.91 Å². The second kappa shape index (κ2) is 5.75. The Bertz CT molecular complexity index is 666. The van der Waals surface area contributed by atoms with Crippen LogP contribution in [0.25, 0.3) is 0 Å². The minimum atomic E-state index is -0.275. The summed E-state index contributed by atoms with van der Waals surface area (Å²) in [5.74, 6) is -0.549. The maximum atomic E-state index is 13.4. The predicted molar refractivity (Wildman–Crippen MR) is 73.9 cm³/mol. The number of hydrogen-bond donors (Lipinski definition) is 2. The van der Waals surface area contributed by atoms with Crippen LogP contribution in [0.15, 0.2) is 36.5 Å². The normalized spacial score (nSPS) is 10.2. The lowest BCUT2D eigenvalue weighted by molar-refractivity contribution is 0.0950. The topological polar surface area (TPSA) is 44.9 Å². The molecule has 2 rings (SSSR count). The number of nitrogens with one attached hydrogen (secondary N) is 2. The molecule has 1 amide bonds. The van der Waals surface area contributed by atoms with Crippen LogP contribution in [0.1, 0.15) is 21.5 Å². The summed E-state index contributed by atoms with van der Waals surface area (Å²) in [7, 11) is 0. The average Bonchev–Trinajstić information content (AvgIpc) is 2.40. The lowest BCUT2D eigenvalue weighted by Crippen LogP contribution is -2.23. The van der Waals surface area contributed by atoms with Gasteiger partial charge in [0.05, 0.1) is 5.56 Å². The Hall–Kier alpha value is -2.01. The highest BCUT2D eigenvalue weighted by atomic mass is 32.1. The van der Waals surface area contributed by atoms with Gasteiger partial charge in [0.2, 0.25) is 0 Å². The third-order valence-corrected chi connectivity index (χ3v) is 3.09. The second-order valence-corrected chi connectivity index (χ2v) is 4.59. The van der Waals surface area contributed by atoms with Crippen molar-refractivity contribution in [3.05, 3.63) is 63.7 Å². The second-order valence-electron chi connectivity index (χ2n) is 4.18. The van der Waals surface area contributed by atoms with E-state index in [2.05, 4.69) is 10.3 Å². The number of pyridine rings is 1. The summed E-state index contributed by atoms with van der Waals surface area (Å²) < 4.78 is 13.7. The van der Waals surface area contributed by atoms with Crippen LogP contribution >= 0.6 is 12.2 Å². The molecule has 0 spiro atoms. The molecule has 0 unspecified atom stereocenters. The molecule has 0 radical (unpaired) electrons. The molecule has 0 atom stereocenters. The van der Waals surface area contributed by atoms with E-state index in [1.165, 1.54) is 6.07 Å². The molecule has 0 saturated carbocycles. The maximum absolute atomic E-state index is 13.4. The largest absolute Gasteiger partial charge is 0.352 e. The van der Waals surface area contributed by atoms with E-state index in [-0.39, 0.29) is 18.3 Å². The number of amides is 1. The monoisotopic (exact) mass is 276 g/mol. The molecule has 98 valence electrons. The molecule has 0 saturated heterocycles. The standard InChI is InChI=1S/C14H13FN2OS/c1-9-4-5-10(7-12(9)15)8-17-13(18)11-3-2-6-16-14(11)19/h2-7H,8H2,1H3,(H,16,19)(H,17,18). The highest BCUT2D eigenvalue weighted by Gasteiger charge is 2.07. The van der Waals surface area contributed by atoms with E-state index in [0.29, 0.717) is 21.3 Å². The van der Waals surface area contributed by atoms with E-state index >= 15 is 0 Å². The molecule has 0 aliphatic carbocycles. The summed E-state index contributed by atoms with van der Waals surface area (Å²) in [6.45, 7) is 1.96. The summed E-state index contributed by atoms with van der Waals surface area (Å²) in [6, 6.07) is 8.23. The molecule has 1 aromatic carbocycles. The minimum Gasteiger partial charge on any atom is -0.352 e. The number of aryl methyl sites for hydroxylation is 1. The van der Waals surface area contributed by atoms with Crippen molar-refractivity contribution in [1.82, 2.24) is 10.3 Å². The van der Waals surface area contributed by atoms with Gasteiger partial charge in [-0.1, -0.05) is 24.4 Å². The molecule has 5 heteroatoms. The van der Waals surface area contributed by atoms with Crippen LogP contribution in [0.2, 0.25) is 0 Å². The summed E-state index contributed by atoms with van der Waals surface area (Å²) in [5.41, 5.74) is 1.70. The van der Waals surface area contributed by atoms with Gasteiger partial charge < -0.3 is 10.3 Å². The molecule has 0 fully saturated rings. The van der Waals surface area contributed by atoms with Gasteiger partial charge in [-0.05, 0) is 36.2 Å². The molecule has 2 N–H and O–H groups in total. The molecule has 2 aromatic rings. The molecular formula is C14H13FN2OS. The van der Waals surface area contributed by atoms with Crippen molar-refractivity contribution in [3.63, 3.8) is 0 Å². The fraction of sp³-hybridized carbons (Fsp3) is 0.143. The Morgan fingerprint density at radius 3 is 2.89 bits per heavy atom. The minimum absolute atomic E-state index is 0.264. The number of hydrogen-bond acceptors (Lipinski definition) is 2. The van der Waals surface area contributed by atoms with E-state index in [9.17, 15) is 9.18 Å². The van der Waals surface area contributed by atoms with Crippen molar-refractivity contribution in [3.8, 4) is 0 Å². The van der Waals surface area contributed by atoms with Crippen LogP contribution in [-0.2, 0) is 6.54 Å². The van der Waals surface area contributed by atoms with E-state index in [1.807, 2.05) is 0 Å². The van der Waals surface area contributed by atoms with Crippen LogP contribution in [0.5, 0.6) is 0 Å². The Kier molecular flexibility index (Phi) is 4.06. The Labute approximate surface area is 115 Å². The van der Waals surface area contributed by atoms with E-state index in [4.69, 9.17) is 12.2 Å². The molecule has 1 heterocycles. The van der Waals surface area contributed by atoms with Crippen molar-refractivity contribution in [2.45, 2.75) is 13.5 Å². The third-order valence-electron chi connectivity index (χ3n) is 2.75. The summed E-state index contributed by atoms with van der Waals surface area (Å²) in [6.07, 6.45) is 1.66. The molecule has 0 aliphatic rings. The molecular weight excluding hydrogens is 263 g/mol. The zero-order chi connectivity index (χ0) is 13.8. The highest BCUT2D eigenvalue weighted by Crippen LogP contribution is 2.09. The Morgan fingerprint density at radius 2 is 2.21 bits per heavy atom. The predicted octanol–water partition coefficient (Wildman–Crippen LogP) is 3.12. The quantitative estimate of drug-likeness (QED) is 0.846. The molecule has 0 aliphatic heterocycles. The maximum Gasteiger partial charge on any atom is 0.254 e. The SMILES string of the molecule is Cc1ccc(CNC(=O)c2ccc[nH]c2=S)cc1F. The van der Waals surface area contributed by atoms with E-state index in [0.717, 1.165) is 0 Å². The van der Waals surface area contributed by atoms with Crippen LogP contribution in [0.3, 0.4) is 0 Å². The molecule has 1 aromatic heterocycles. The van der Waals surface area contributed by atoms with Crippen LogP contribution in [0, 0.1) is 17.4 Å². The van der Waals surface area contributed by atoms with Crippen molar-refractivity contribution >= 4 is 18.1 Å². The van der Waals surface area contributed by atoms with Crippen molar-refractivity contribution < 1.29 is 9.18 Å². The van der Waals surface area contributed by atoms with Gasteiger partial charge in [0.1, 0.15) is 10.5 Å². The number of aromatic nitrogens is 1. The van der Waals surface area contributed by atoms with Crippen molar-refractivity contribution in [2.75, 3.05) is 0 Å². The van der Waals surface area contributed by atoms with Gasteiger partial charge >= 0.3 is 0 Å². The number of rotatable bonds is 3. The zero-order valence-electron chi connectivity index (χ0n) is 10.4. The van der Waals surface area contributed by atoms with E-state index in [1.54, 1.807) is 37.4 Å². The summed E-state index contributed by atoms with van der Waals surface area (Å²) >= 11 is 5.02. The number of benzene rings is 1. The number of halogens is 1. The highest BCUT2D eigenvalue weighted by molar-refractivity contribution is 7.71. The number of carbonyl (C=O) groups is 1. The lowest BCUT2D eigenvalue weighted by Gasteiger charge is -2.06. The third kappa shape index (κ3) is 3.26. The van der Waals surface area contributed by atoms with Crippen LogP contribution in [0.4, 0.5) is 4.39 Å². The lowest BCUT2D eigenvalue weighted by atomic mass is 10.1. The van der Waals surface area contributed by atoms with Gasteiger partial charge in [0.15, 0.2) is 0 Å². The Morgan fingerprint density at radius 1 is 1.42 bits per heavy atom. The number of H-pyrrole nitrogens is 1. The fourth-order valence-corrected chi connectivity index (χ4v) is 1.85. The number of carbonyl (C=O) groups excluding carboxylic acids is 1. The van der Waals surface area contributed by atoms with Crippen LogP contribution < -0.4 is 5.32 Å². The first kappa shape index (κ1) is 13.4. The van der Waals surface area contributed by atoms with Crippen molar-refractivity contribution in [2.24, 2.45) is 0 Å². The van der Waals surface area contributed by atoms with Gasteiger partial charge in [-0.2, -0.15) is 0 Å². The summed E-state index contributed by atoms with van der Waals surface area (Å²) in [5, 5.41) is 2.71. The van der Waals surface area contributed by atoms with Gasteiger partial charge in [0, 0.05) is 12.7 Å². The number of aromatic amines is 1. The molecule has 0 bridgehead atoms. The first-order valence-electron chi connectivity index (χ1n) is 5.79. The van der Waals surface area contributed by atoms with Crippen molar-refractivity contribution in [1.29, 1.82) is 0 Å². The first-order chi connectivity index (χ1) is 9.08. The zero-order valence-corrected chi connectivity index (χ0v) is 11.2. The average molecular weight is 276 g/mol. The molecule has 3 nitrogen and oxygen atoms in total. The van der Waals surface area contributed by atoms with E-state index < -0.39 is 0 Å². The smallest absolute Gasteiger partial charge is 0.254 e. The van der Waals surface area contributed by atoms with Gasteiger partial charge in [-0.3, -0.25) is 4.79 Å². The Balaban J connectivity index is 2.07. The van der Waals surface area contributed by atoms with Crippen LogP contribution in [-0.4, -0.2) is 10.9 Å². The van der Waals surface area contributed by atoms with Gasteiger partial charge in [-0.25, -0.2) is 4.39 Å². The summed E-state index contributed by atoms with van der Waals surface area (Å²) in [4.78, 5) is 14.7. The van der Waals surface area contributed by atoms with Gasteiger partial charge in [-0.15, -0.1) is 0 Å².